The number of non-ortho nitro benzene ring substituents is 1. The number of benzene rings is 1. The van der Waals surface area contributed by atoms with Crippen LogP contribution in [0.2, 0.25) is 0 Å². The summed E-state index contributed by atoms with van der Waals surface area (Å²) < 4.78 is 2.13. The number of anilines is 1. The fourth-order valence-corrected chi connectivity index (χ4v) is 2.73. The molecule has 2 aromatic heterocycles. The van der Waals surface area contributed by atoms with Crippen molar-refractivity contribution in [1.29, 1.82) is 0 Å². The Balaban J connectivity index is 2.18. The minimum atomic E-state index is -0.620. The van der Waals surface area contributed by atoms with Gasteiger partial charge in [0, 0.05) is 38.0 Å². The molecule has 10 heteroatoms. The molecule has 0 saturated heterocycles. The number of hydrogen-bond acceptors (Lipinski definition) is 6. The minimum Gasteiger partial charge on any atom is -0.321 e. The summed E-state index contributed by atoms with van der Waals surface area (Å²) in [6, 6.07) is 5.24. The zero-order valence-corrected chi connectivity index (χ0v) is 14.7. The van der Waals surface area contributed by atoms with Gasteiger partial charge in [-0.05, 0) is 18.6 Å². The first kappa shape index (κ1) is 18.0. The van der Waals surface area contributed by atoms with Gasteiger partial charge in [-0.25, -0.2) is 9.78 Å². The molecule has 0 aliphatic rings. The fraction of sp³-hybridized carbons (Fsp3) is 0.176. The number of nitrogens with zero attached hydrogens (tertiary/aromatic N) is 4. The lowest BCUT2D eigenvalue weighted by Crippen LogP contribution is -2.37. The molecule has 0 fully saturated rings. The average molecular weight is 369 g/mol. The van der Waals surface area contributed by atoms with E-state index in [9.17, 15) is 24.5 Å². The second-order valence-electron chi connectivity index (χ2n) is 5.98. The van der Waals surface area contributed by atoms with Crippen LogP contribution in [-0.2, 0) is 14.1 Å². The van der Waals surface area contributed by atoms with Crippen molar-refractivity contribution in [2.45, 2.75) is 6.92 Å². The molecular formula is C17H15N5O5. The minimum absolute atomic E-state index is 0.0650. The van der Waals surface area contributed by atoms with Crippen molar-refractivity contribution >= 4 is 28.3 Å². The predicted molar refractivity (Wildman–Crippen MR) is 98.0 cm³/mol. The smallest absolute Gasteiger partial charge is 0.321 e. The van der Waals surface area contributed by atoms with Gasteiger partial charge in [0.1, 0.15) is 5.39 Å². The third kappa shape index (κ3) is 2.97. The van der Waals surface area contributed by atoms with Crippen molar-refractivity contribution in [2.24, 2.45) is 14.1 Å². The standard InChI is InChI=1S/C17H15N5O5/c1-9-8-18-14-12(16(24)21(3)17(25)20(14)2)13(9)19-15(23)10-5-4-6-11(7-10)22(26)27/h4-8H,1-3H3,(H,18,19,23). The number of fused-ring (bicyclic) bond motifs is 1. The van der Waals surface area contributed by atoms with Crippen molar-refractivity contribution < 1.29 is 9.72 Å². The number of nitrogens with one attached hydrogen (secondary N) is 1. The van der Waals surface area contributed by atoms with Crippen LogP contribution in [0, 0.1) is 17.0 Å². The van der Waals surface area contributed by atoms with E-state index in [1.165, 1.54) is 43.1 Å². The fourth-order valence-electron chi connectivity index (χ4n) is 2.73. The molecule has 0 bridgehead atoms. The summed E-state index contributed by atoms with van der Waals surface area (Å²) in [7, 11) is 2.80. The van der Waals surface area contributed by atoms with Crippen LogP contribution >= 0.6 is 0 Å². The van der Waals surface area contributed by atoms with Gasteiger partial charge in [-0.3, -0.25) is 28.8 Å². The van der Waals surface area contributed by atoms with E-state index < -0.39 is 22.1 Å². The Morgan fingerprint density at radius 3 is 2.59 bits per heavy atom. The van der Waals surface area contributed by atoms with Crippen LogP contribution in [-0.4, -0.2) is 24.9 Å². The Hall–Kier alpha value is -3.82. The molecule has 0 unspecified atom stereocenters. The van der Waals surface area contributed by atoms with Gasteiger partial charge in [0.15, 0.2) is 5.65 Å². The van der Waals surface area contributed by atoms with E-state index in [2.05, 4.69) is 10.3 Å². The third-order valence-corrected chi connectivity index (χ3v) is 4.22. The number of aromatic nitrogens is 3. The molecule has 1 N–H and O–H groups in total. The first-order valence-corrected chi connectivity index (χ1v) is 7.83. The van der Waals surface area contributed by atoms with E-state index >= 15 is 0 Å². The summed E-state index contributed by atoms with van der Waals surface area (Å²) >= 11 is 0. The maximum Gasteiger partial charge on any atom is 0.332 e. The van der Waals surface area contributed by atoms with Crippen molar-refractivity contribution in [2.75, 3.05) is 5.32 Å². The monoisotopic (exact) mass is 369 g/mol. The topological polar surface area (TPSA) is 129 Å². The molecule has 2 heterocycles. The Labute approximate surface area is 151 Å². The zero-order valence-electron chi connectivity index (χ0n) is 14.7. The summed E-state index contributed by atoms with van der Waals surface area (Å²) in [6.45, 7) is 1.65. The van der Waals surface area contributed by atoms with Crippen LogP contribution in [0.5, 0.6) is 0 Å². The number of amides is 1. The van der Waals surface area contributed by atoms with E-state index in [0.717, 1.165) is 10.6 Å². The van der Waals surface area contributed by atoms with Crippen LogP contribution < -0.4 is 16.6 Å². The molecule has 0 saturated carbocycles. The second-order valence-corrected chi connectivity index (χ2v) is 5.98. The number of nitro groups is 1. The first-order chi connectivity index (χ1) is 12.7. The maximum absolute atomic E-state index is 12.6. The maximum atomic E-state index is 12.6. The van der Waals surface area contributed by atoms with Gasteiger partial charge in [0.2, 0.25) is 0 Å². The van der Waals surface area contributed by atoms with Gasteiger partial charge in [-0.2, -0.15) is 0 Å². The van der Waals surface area contributed by atoms with Gasteiger partial charge < -0.3 is 5.32 Å². The Bertz CT molecular complexity index is 1220. The summed E-state index contributed by atoms with van der Waals surface area (Å²) in [5.41, 5.74) is -0.460. The van der Waals surface area contributed by atoms with Crippen LogP contribution in [0.15, 0.2) is 40.1 Å². The number of nitro benzene ring substituents is 1. The van der Waals surface area contributed by atoms with E-state index in [1.54, 1.807) is 6.92 Å². The quantitative estimate of drug-likeness (QED) is 0.544. The van der Waals surface area contributed by atoms with Crippen molar-refractivity contribution in [3.05, 3.63) is 72.5 Å². The van der Waals surface area contributed by atoms with E-state index in [-0.39, 0.29) is 28.0 Å². The van der Waals surface area contributed by atoms with Crippen molar-refractivity contribution in [1.82, 2.24) is 14.1 Å². The van der Waals surface area contributed by atoms with Gasteiger partial charge in [0.25, 0.3) is 17.2 Å². The number of carbonyl (C=O) groups is 1. The van der Waals surface area contributed by atoms with Crippen LogP contribution in [0.3, 0.4) is 0 Å². The summed E-state index contributed by atoms with van der Waals surface area (Å²) in [6.07, 6.45) is 1.43. The molecule has 0 aliphatic carbocycles. The first-order valence-electron chi connectivity index (χ1n) is 7.83. The summed E-state index contributed by atoms with van der Waals surface area (Å²) in [4.78, 5) is 51.7. The zero-order chi connectivity index (χ0) is 19.9. The molecule has 27 heavy (non-hydrogen) atoms. The van der Waals surface area contributed by atoms with Crippen LogP contribution in [0.4, 0.5) is 11.4 Å². The van der Waals surface area contributed by atoms with E-state index in [1.807, 2.05) is 0 Å². The second kappa shape index (κ2) is 6.48. The van der Waals surface area contributed by atoms with Gasteiger partial charge in [-0.15, -0.1) is 0 Å². The number of hydrogen-bond donors (Lipinski definition) is 1. The average Bonchev–Trinajstić information content (AvgIpc) is 2.66. The molecule has 0 atom stereocenters. The van der Waals surface area contributed by atoms with Crippen molar-refractivity contribution in [3.63, 3.8) is 0 Å². The number of rotatable bonds is 3. The Morgan fingerprint density at radius 2 is 1.93 bits per heavy atom. The molecule has 1 aromatic carbocycles. The van der Waals surface area contributed by atoms with Crippen molar-refractivity contribution in [3.8, 4) is 0 Å². The summed E-state index contributed by atoms with van der Waals surface area (Å²) in [5.74, 6) is -0.620. The number of pyridine rings is 1. The van der Waals surface area contributed by atoms with E-state index in [4.69, 9.17) is 0 Å². The highest BCUT2D eigenvalue weighted by Crippen LogP contribution is 2.23. The lowest BCUT2D eigenvalue weighted by molar-refractivity contribution is -0.384. The molecule has 0 spiro atoms. The molecule has 0 radical (unpaired) electrons. The largest absolute Gasteiger partial charge is 0.332 e. The summed E-state index contributed by atoms with van der Waals surface area (Å²) in [5, 5.41) is 13.6. The van der Waals surface area contributed by atoms with Crippen LogP contribution in [0.25, 0.3) is 11.0 Å². The SMILES string of the molecule is Cc1cnc2c(c1NC(=O)c1cccc([N+](=O)[O-])c1)c(=O)n(C)c(=O)n2C. The molecule has 3 rings (SSSR count). The lowest BCUT2D eigenvalue weighted by Gasteiger charge is -2.13. The van der Waals surface area contributed by atoms with Gasteiger partial charge >= 0.3 is 5.69 Å². The van der Waals surface area contributed by atoms with Crippen LogP contribution in [0.1, 0.15) is 15.9 Å². The van der Waals surface area contributed by atoms with E-state index in [0.29, 0.717) is 5.56 Å². The third-order valence-electron chi connectivity index (χ3n) is 4.22. The highest BCUT2D eigenvalue weighted by molar-refractivity contribution is 6.09. The molecule has 0 aliphatic heterocycles. The highest BCUT2D eigenvalue weighted by atomic mass is 16.6. The molecule has 1 amide bonds. The number of carbonyl (C=O) groups excluding carboxylic acids is 1. The lowest BCUT2D eigenvalue weighted by atomic mass is 10.1. The molecule has 3 aromatic rings. The van der Waals surface area contributed by atoms with Gasteiger partial charge in [-0.1, -0.05) is 6.07 Å². The Morgan fingerprint density at radius 1 is 1.22 bits per heavy atom. The Kier molecular flexibility index (Phi) is 4.32. The predicted octanol–water partition coefficient (Wildman–Crippen LogP) is 1.10. The van der Waals surface area contributed by atoms with Gasteiger partial charge in [0.05, 0.1) is 10.6 Å². The normalized spacial score (nSPS) is 10.8. The highest BCUT2D eigenvalue weighted by Gasteiger charge is 2.19. The molecular weight excluding hydrogens is 354 g/mol. The molecule has 10 nitrogen and oxygen atoms in total. The number of aryl methyl sites for hydroxylation is 2. The molecule has 138 valence electrons.